The fourth-order valence-electron chi connectivity index (χ4n) is 2.81. The Morgan fingerprint density at radius 1 is 1.27 bits per heavy atom. The van der Waals surface area contributed by atoms with Gasteiger partial charge in [-0.2, -0.15) is 18.3 Å². The minimum atomic E-state index is -4.67. The maximum atomic E-state index is 13.0. The number of rotatable bonds is 2. The van der Waals surface area contributed by atoms with Crippen molar-refractivity contribution in [2.24, 2.45) is 0 Å². The molecule has 2 heterocycles. The Morgan fingerprint density at radius 3 is 2.64 bits per heavy atom. The van der Waals surface area contributed by atoms with E-state index in [1.165, 1.54) is 16.9 Å². The van der Waals surface area contributed by atoms with Crippen LogP contribution in [0.15, 0.2) is 18.3 Å². The van der Waals surface area contributed by atoms with E-state index in [9.17, 15) is 23.2 Å². The van der Waals surface area contributed by atoms with Gasteiger partial charge < -0.3 is 14.8 Å². The summed E-state index contributed by atoms with van der Waals surface area (Å²) in [6, 6.07) is 2.13. The zero-order chi connectivity index (χ0) is 15.9. The molecule has 3 rings (SSSR count). The van der Waals surface area contributed by atoms with Crippen LogP contribution in [0.25, 0.3) is 10.9 Å². The molecule has 22 heavy (non-hydrogen) atoms. The van der Waals surface area contributed by atoms with E-state index in [2.05, 4.69) is 5.10 Å². The van der Waals surface area contributed by atoms with Crippen LogP contribution in [0.1, 0.15) is 31.1 Å². The molecule has 0 amide bonds. The Bertz CT molecular complexity index is 681. The monoisotopic (exact) mass is 314 g/mol. The topological polar surface area (TPSA) is 67.5 Å². The summed E-state index contributed by atoms with van der Waals surface area (Å²) in [7, 11) is -2.23. The molecule has 0 saturated carbocycles. The van der Waals surface area contributed by atoms with Crippen LogP contribution in [0.3, 0.4) is 0 Å². The average Bonchev–Trinajstić information content (AvgIpc) is 2.89. The number of hydrogen-bond donors (Lipinski definition) is 2. The van der Waals surface area contributed by atoms with Crippen molar-refractivity contribution in [3.05, 3.63) is 23.9 Å². The van der Waals surface area contributed by atoms with Crippen LogP contribution in [0, 0.1) is 0 Å². The summed E-state index contributed by atoms with van der Waals surface area (Å²) in [5.74, 6) is 0. The summed E-state index contributed by atoms with van der Waals surface area (Å²) in [4.78, 5) is 0. The molecular weight excluding hydrogens is 300 g/mol. The molecule has 1 aliphatic rings. The lowest BCUT2D eigenvalue weighted by Crippen LogP contribution is -2.36. The number of alkyl halides is 3. The second-order valence-electron chi connectivity index (χ2n) is 5.24. The number of aromatic nitrogens is 2. The quantitative estimate of drug-likeness (QED) is 0.823. The molecule has 1 aliphatic heterocycles. The van der Waals surface area contributed by atoms with Crippen LogP contribution in [-0.2, 0) is 10.9 Å². The Labute approximate surface area is 124 Å². The molecule has 2 N–H and O–H groups in total. The van der Waals surface area contributed by atoms with Crippen molar-refractivity contribution in [1.29, 1.82) is 0 Å². The maximum absolute atomic E-state index is 13.0. The van der Waals surface area contributed by atoms with Gasteiger partial charge in [-0.25, -0.2) is 4.68 Å². The van der Waals surface area contributed by atoms with Gasteiger partial charge in [-0.3, -0.25) is 0 Å². The molecular formula is C13H14BF3N2O3. The third-order valence-corrected chi connectivity index (χ3v) is 3.81. The average molecular weight is 314 g/mol. The summed E-state index contributed by atoms with van der Waals surface area (Å²) in [5, 5.41) is 22.9. The van der Waals surface area contributed by atoms with Crippen LogP contribution >= 0.6 is 0 Å². The van der Waals surface area contributed by atoms with Gasteiger partial charge in [0.1, 0.15) is 0 Å². The Kier molecular flexibility index (Phi) is 3.88. The third-order valence-electron chi connectivity index (χ3n) is 3.81. The number of ether oxygens (including phenoxy) is 1. The van der Waals surface area contributed by atoms with Crippen LogP contribution < -0.4 is 5.46 Å². The number of fused-ring (bicyclic) bond motifs is 1. The smallest absolute Gasteiger partial charge is 0.423 e. The molecule has 0 spiro atoms. The van der Waals surface area contributed by atoms with Crippen molar-refractivity contribution >= 4 is 23.5 Å². The normalized spacial score (nSPS) is 19.6. The Balaban J connectivity index is 2.15. The first-order valence-electron chi connectivity index (χ1n) is 6.94. The van der Waals surface area contributed by atoms with Crippen LogP contribution in [0.5, 0.6) is 0 Å². The fraction of sp³-hybridized carbons (Fsp3) is 0.462. The van der Waals surface area contributed by atoms with Gasteiger partial charge in [0, 0.05) is 17.5 Å². The molecule has 1 saturated heterocycles. The molecule has 2 aromatic rings. The van der Waals surface area contributed by atoms with Crippen LogP contribution in [0.4, 0.5) is 13.2 Å². The first-order chi connectivity index (χ1) is 10.4. The Hall–Kier alpha value is -1.58. The van der Waals surface area contributed by atoms with Crippen molar-refractivity contribution in [2.75, 3.05) is 6.61 Å². The predicted octanol–water partition coefficient (Wildman–Crippen LogP) is 1.43. The highest BCUT2D eigenvalue weighted by Gasteiger charge is 2.38. The van der Waals surface area contributed by atoms with E-state index in [0.29, 0.717) is 12.1 Å². The summed E-state index contributed by atoms with van der Waals surface area (Å²) < 4.78 is 46.2. The molecule has 1 fully saturated rings. The van der Waals surface area contributed by atoms with Gasteiger partial charge in [0.15, 0.2) is 6.23 Å². The Morgan fingerprint density at radius 2 is 2.05 bits per heavy atom. The molecule has 0 aliphatic carbocycles. The number of benzene rings is 1. The zero-order valence-corrected chi connectivity index (χ0v) is 11.5. The van der Waals surface area contributed by atoms with Crippen molar-refractivity contribution < 1.29 is 28.0 Å². The van der Waals surface area contributed by atoms with Gasteiger partial charge in [-0.15, -0.1) is 0 Å². The second kappa shape index (κ2) is 5.56. The van der Waals surface area contributed by atoms with E-state index in [1.54, 1.807) is 0 Å². The minimum absolute atomic E-state index is 0.0685. The van der Waals surface area contributed by atoms with Gasteiger partial charge in [-0.1, -0.05) is 0 Å². The van der Waals surface area contributed by atoms with Gasteiger partial charge in [0.05, 0.1) is 17.3 Å². The number of hydrogen-bond acceptors (Lipinski definition) is 4. The third kappa shape index (κ3) is 2.60. The number of halogens is 3. The summed E-state index contributed by atoms with van der Waals surface area (Å²) in [5.41, 5.74) is -1.26. The van der Waals surface area contributed by atoms with E-state index in [0.717, 1.165) is 25.3 Å². The van der Waals surface area contributed by atoms with Crippen molar-refractivity contribution in [2.45, 2.75) is 31.7 Å². The van der Waals surface area contributed by atoms with E-state index >= 15 is 0 Å². The van der Waals surface area contributed by atoms with Gasteiger partial charge in [0.25, 0.3) is 0 Å². The van der Waals surface area contributed by atoms with Gasteiger partial charge >= 0.3 is 13.3 Å². The molecule has 0 radical (unpaired) electrons. The lowest BCUT2D eigenvalue weighted by Gasteiger charge is -2.23. The molecule has 118 valence electrons. The highest BCUT2D eigenvalue weighted by molar-refractivity contribution is 6.62. The molecule has 1 aromatic carbocycles. The van der Waals surface area contributed by atoms with Gasteiger partial charge in [-0.05, 0) is 31.4 Å². The second-order valence-corrected chi connectivity index (χ2v) is 5.24. The summed E-state index contributed by atoms with van der Waals surface area (Å²) >= 11 is 0. The zero-order valence-electron chi connectivity index (χ0n) is 11.5. The first-order valence-corrected chi connectivity index (χ1v) is 6.94. The first kappa shape index (κ1) is 15.3. The molecule has 1 aromatic heterocycles. The lowest BCUT2D eigenvalue weighted by molar-refractivity contribution is -0.136. The van der Waals surface area contributed by atoms with Crippen LogP contribution in [-0.4, -0.2) is 33.6 Å². The van der Waals surface area contributed by atoms with E-state index in [-0.39, 0.29) is 11.6 Å². The van der Waals surface area contributed by atoms with E-state index in [4.69, 9.17) is 4.74 Å². The summed E-state index contributed by atoms with van der Waals surface area (Å²) in [6.45, 7) is 0.572. The van der Waals surface area contributed by atoms with Crippen molar-refractivity contribution in [1.82, 2.24) is 9.78 Å². The van der Waals surface area contributed by atoms with Crippen LogP contribution in [0.2, 0.25) is 0 Å². The SMILES string of the molecule is OB(O)c1c(C(F)(F)F)ccc2c1cnn2[C@@H]1CCCCO1. The minimum Gasteiger partial charge on any atom is -0.423 e. The number of nitrogens with zero attached hydrogens (tertiary/aromatic N) is 2. The van der Waals surface area contributed by atoms with E-state index < -0.39 is 24.3 Å². The largest absolute Gasteiger partial charge is 0.489 e. The van der Waals surface area contributed by atoms with E-state index in [1.807, 2.05) is 0 Å². The van der Waals surface area contributed by atoms with Crippen molar-refractivity contribution in [3.8, 4) is 0 Å². The molecule has 9 heteroatoms. The maximum Gasteiger partial charge on any atom is 0.489 e. The van der Waals surface area contributed by atoms with Gasteiger partial charge in [0.2, 0.25) is 0 Å². The van der Waals surface area contributed by atoms with Crippen molar-refractivity contribution in [3.63, 3.8) is 0 Å². The molecule has 1 atom stereocenters. The lowest BCUT2D eigenvalue weighted by atomic mass is 9.74. The molecule has 5 nitrogen and oxygen atoms in total. The fourth-order valence-corrected chi connectivity index (χ4v) is 2.81. The summed E-state index contributed by atoms with van der Waals surface area (Å²) in [6.07, 6.45) is -1.19. The molecule has 0 unspecified atom stereocenters. The highest BCUT2D eigenvalue weighted by atomic mass is 19.4. The molecule has 0 bridgehead atoms. The highest BCUT2D eigenvalue weighted by Crippen LogP contribution is 2.32. The predicted molar refractivity (Wildman–Crippen MR) is 73.4 cm³/mol. The standard InChI is InChI=1S/C13H14BF3N2O3/c15-13(16,17)9-4-5-10-8(12(9)14(20)21)7-18-19(10)11-3-1-2-6-22-11/h4-5,7,11,20-21H,1-3,6H2/t11-/m0/s1.